The summed E-state index contributed by atoms with van der Waals surface area (Å²) in [5.74, 6) is 0.784. The number of piperazine rings is 1. The van der Waals surface area contributed by atoms with Crippen LogP contribution in [0.3, 0.4) is 0 Å². The number of thiophene rings is 1. The highest BCUT2D eigenvalue weighted by Crippen LogP contribution is 2.42. The van der Waals surface area contributed by atoms with Gasteiger partial charge in [-0.2, -0.15) is 5.10 Å². The Labute approximate surface area is 133 Å². The van der Waals surface area contributed by atoms with Gasteiger partial charge in [0.2, 0.25) is 5.91 Å². The van der Waals surface area contributed by atoms with Crippen molar-refractivity contribution in [3.63, 3.8) is 0 Å². The second-order valence-electron chi connectivity index (χ2n) is 6.13. The van der Waals surface area contributed by atoms with E-state index in [1.54, 1.807) is 11.3 Å². The lowest BCUT2D eigenvalue weighted by Crippen LogP contribution is -2.49. The van der Waals surface area contributed by atoms with Crippen LogP contribution in [0, 0.1) is 0 Å². The van der Waals surface area contributed by atoms with Crippen molar-refractivity contribution in [2.45, 2.75) is 31.3 Å². The Bertz CT molecular complexity index is 674. The largest absolute Gasteiger partial charge is 0.353 e. The van der Waals surface area contributed by atoms with Crippen LogP contribution in [-0.4, -0.2) is 33.7 Å². The molecule has 0 aromatic carbocycles. The second-order valence-corrected chi connectivity index (χ2v) is 7.11. The summed E-state index contributed by atoms with van der Waals surface area (Å²) in [6.07, 6.45) is 4.51. The fourth-order valence-electron chi connectivity index (χ4n) is 3.36. The lowest BCUT2D eigenvalue weighted by Gasteiger charge is -2.34. The van der Waals surface area contributed by atoms with Crippen molar-refractivity contribution in [3.8, 4) is 0 Å². The minimum absolute atomic E-state index is 0.116. The molecule has 1 N–H and O–H groups in total. The van der Waals surface area contributed by atoms with Crippen LogP contribution in [-0.2, 0) is 18.4 Å². The number of carbonyl (C=O) groups is 1. The van der Waals surface area contributed by atoms with Crippen LogP contribution < -0.4 is 5.32 Å². The van der Waals surface area contributed by atoms with Gasteiger partial charge < -0.3 is 5.32 Å². The SMILES string of the molecule is Cn1ncc(CN2CCNC(=O)C2c2cccs2)c1C1CC1. The average Bonchev–Trinajstić information content (AvgIpc) is 3.05. The monoisotopic (exact) mass is 316 g/mol. The maximum Gasteiger partial charge on any atom is 0.242 e. The van der Waals surface area contributed by atoms with Gasteiger partial charge in [0.15, 0.2) is 0 Å². The maximum atomic E-state index is 12.4. The Balaban J connectivity index is 1.61. The molecule has 2 aromatic heterocycles. The summed E-state index contributed by atoms with van der Waals surface area (Å²) in [6.45, 7) is 2.41. The Morgan fingerprint density at radius 3 is 3.05 bits per heavy atom. The molecule has 22 heavy (non-hydrogen) atoms. The van der Waals surface area contributed by atoms with Gasteiger partial charge in [-0.1, -0.05) is 6.07 Å². The summed E-state index contributed by atoms with van der Waals surface area (Å²) in [7, 11) is 2.02. The first kappa shape index (κ1) is 14.0. The fourth-order valence-corrected chi connectivity index (χ4v) is 4.21. The van der Waals surface area contributed by atoms with Crippen LogP contribution in [0.5, 0.6) is 0 Å². The molecular formula is C16H20N4OS. The Morgan fingerprint density at radius 2 is 2.32 bits per heavy atom. The molecule has 2 aromatic rings. The predicted molar refractivity (Wildman–Crippen MR) is 85.7 cm³/mol. The average molecular weight is 316 g/mol. The quantitative estimate of drug-likeness (QED) is 0.939. The van der Waals surface area contributed by atoms with Gasteiger partial charge in [0.25, 0.3) is 0 Å². The summed E-state index contributed by atoms with van der Waals surface area (Å²) in [4.78, 5) is 15.8. The van der Waals surface area contributed by atoms with E-state index in [-0.39, 0.29) is 11.9 Å². The molecule has 1 atom stereocenters. The molecule has 3 heterocycles. The zero-order chi connectivity index (χ0) is 15.1. The van der Waals surface area contributed by atoms with E-state index >= 15 is 0 Å². The minimum atomic E-state index is -0.166. The number of nitrogens with one attached hydrogen (secondary N) is 1. The van der Waals surface area contributed by atoms with Crippen molar-refractivity contribution in [1.29, 1.82) is 0 Å². The maximum absolute atomic E-state index is 12.4. The van der Waals surface area contributed by atoms with Gasteiger partial charge in [-0.15, -0.1) is 11.3 Å². The van der Waals surface area contributed by atoms with Crippen LogP contribution >= 0.6 is 11.3 Å². The number of carbonyl (C=O) groups excluding carboxylic acids is 1. The molecule has 1 saturated carbocycles. The third kappa shape index (κ3) is 2.46. The Morgan fingerprint density at radius 1 is 1.45 bits per heavy atom. The van der Waals surface area contributed by atoms with E-state index in [1.165, 1.54) is 24.1 Å². The second kappa shape index (κ2) is 5.52. The molecule has 1 unspecified atom stereocenters. The lowest BCUT2D eigenvalue weighted by molar-refractivity contribution is -0.129. The number of hydrogen-bond acceptors (Lipinski definition) is 4. The van der Waals surface area contributed by atoms with E-state index in [1.807, 2.05) is 29.4 Å². The molecule has 0 radical (unpaired) electrons. The molecule has 1 saturated heterocycles. The zero-order valence-corrected chi connectivity index (χ0v) is 13.5. The molecule has 2 fully saturated rings. The zero-order valence-electron chi connectivity index (χ0n) is 12.7. The van der Waals surface area contributed by atoms with E-state index < -0.39 is 0 Å². The third-order valence-corrected chi connectivity index (χ3v) is 5.45. The summed E-state index contributed by atoms with van der Waals surface area (Å²) < 4.78 is 2.01. The van der Waals surface area contributed by atoms with Crippen molar-refractivity contribution in [2.75, 3.05) is 13.1 Å². The predicted octanol–water partition coefficient (Wildman–Crippen LogP) is 2.03. The number of hydrogen-bond donors (Lipinski definition) is 1. The summed E-state index contributed by atoms with van der Waals surface area (Å²) in [5, 5.41) is 9.48. The Kier molecular flexibility index (Phi) is 3.50. The highest BCUT2D eigenvalue weighted by atomic mass is 32.1. The van der Waals surface area contributed by atoms with Crippen LogP contribution in [0.4, 0.5) is 0 Å². The first-order valence-electron chi connectivity index (χ1n) is 7.80. The van der Waals surface area contributed by atoms with Gasteiger partial charge >= 0.3 is 0 Å². The van der Waals surface area contributed by atoms with Crippen molar-refractivity contribution < 1.29 is 4.79 Å². The fraction of sp³-hybridized carbons (Fsp3) is 0.500. The summed E-state index contributed by atoms with van der Waals surface area (Å²) >= 11 is 1.65. The molecule has 1 aliphatic heterocycles. The van der Waals surface area contributed by atoms with E-state index in [0.29, 0.717) is 5.92 Å². The van der Waals surface area contributed by atoms with Gasteiger partial charge in [-0.25, -0.2) is 0 Å². The molecule has 5 nitrogen and oxygen atoms in total. The van der Waals surface area contributed by atoms with Crippen LogP contribution in [0.25, 0.3) is 0 Å². The van der Waals surface area contributed by atoms with Gasteiger partial charge in [-0.3, -0.25) is 14.4 Å². The van der Waals surface area contributed by atoms with Crippen LogP contribution in [0.1, 0.15) is 40.9 Å². The highest BCUT2D eigenvalue weighted by molar-refractivity contribution is 7.10. The van der Waals surface area contributed by atoms with E-state index in [2.05, 4.69) is 21.4 Å². The van der Waals surface area contributed by atoms with Gasteiger partial charge in [0.1, 0.15) is 6.04 Å². The summed E-state index contributed by atoms with van der Waals surface area (Å²) in [6, 6.07) is 3.90. The van der Waals surface area contributed by atoms with E-state index in [0.717, 1.165) is 24.5 Å². The highest BCUT2D eigenvalue weighted by Gasteiger charge is 2.34. The third-order valence-electron chi connectivity index (χ3n) is 4.53. The number of rotatable bonds is 4. The normalized spacial score (nSPS) is 22.8. The lowest BCUT2D eigenvalue weighted by atomic mass is 10.1. The summed E-state index contributed by atoms with van der Waals surface area (Å²) in [5.41, 5.74) is 2.64. The number of nitrogens with zero attached hydrogens (tertiary/aromatic N) is 3. The van der Waals surface area contributed by atoms with Crippen molar-refractivity contribution in [3.05, 3.63) is 39.8 Å². The standard InChI is InChI=1S/C16H20N4OS/c1-19-14(11-4-5-11)12(9-18-19)10-20-7-6-17-16(21)15(20)13-3-2-8-22-13/h2-3,8-9,11,15H,4-7,10H2,1H3,(H,17,21). The van der Waals surface area contributed by atoms with E-state index in [4.69, 9.17) is 0 Å². The molecular weight excluding hydrogens is 296 g/mol. The number of amides is 1. The van der Waals surface area contributed by atoms with Crippen LogP contribution in [0.15, 0.2) is 23.7 Å². The van der Waals surface area contributed by atoms with Gasteiger partial charge in [0.05, 0.1) is 6.20 Å². The van der Waals surface area contributed by atoms with Gasteiger partial charge in [0, 0.05) is 48.7 Å². The number of aromatic nitrogens is 2. The first-order valence-corrected chi connectivity index (χ1v) is 8.68. The topological polar surface area (TPSA) is 50.2 Å². The molecule has 0 bridgehead atoms. The van der Waals surface area contributed by atoms with E-state index in [9.17, 15) is 4.79 Å². The molecule has 6 heteroatoms. The molecule has 2 aliphatic rings. The number of aryl methyl sites for hydroxylation is 1. The molecule has 1 amide bonds. The first-order chi connectivity index (χ1) is 10.7. The van der Waals surface area contributed by atoms with Gasteiger partial charge in [-0.05, 0) is 24.3 Å². The molecule has 116 valence electrons. The van der Waals surface area contributed by atoms with Crippen LogP contribution in [0.2, 0.25) is 0 Å². The van der Waals surface area contributed by atoms with Crippen molar-refractivity contribution >= 4 is 17.2 Å². The smallest absolute Gasteiger partial charge is 0.242 e. The molecule has 1 aliphatic carbocycles. The molecule has 4 rings (SSSR count). The van der Waals surface area contributed by atoms with Crippen molar-refractivity contribution in [2.24, 2.45) is 7.05 Å². The van der Waals surface area contributed by atoms with Crippen molar-refractivity contribution in [1.82, 2.24) is 20.0 Å². The Hall–Kier alpha value is -1.66. The molecule has 0 spiro atoms. The minimum Gasteiger partial charge on any atom is -0.353 e.